The molecule has 0 saturated heterocycles. The zero-order valence-corrected chi connectivity index (χ0v) is 37.9. The first-order valence-corrected chi connectivity index (χ1v) is 23.9. The van der Waals surface area contributed by atoms with E-state index in [1.54, 1.807) is 6.08 Å². The molecule has 0 aromatic rings. The third-order valence-electron chi connectivity index (χ3n) is 9.32. The van der Waals surface area contributed by atoms with Crippen LogP contribution in [-0.4, -0.2) is 68.5 Å². The number of quaternary nitrogens is 1. The van der Waals surface area contributed by atoms with Crippen LogP contribution in [0.25, 0.3) is 0 Å². The number of rotatable bonds is 39. The van der Waals surface area contributed by atoms with Crippen molar-refractivity contribution in [2.75, 3.05) is 40.9 Å². The standard InChI is InChI=1S/C48H85N2O6P/c1-6-8-10-12-14-16-18-20-22-24-26-27-29-31-33-35-37-39-41-47(51)46(45-56-57(53,54)55-44-43-50(3,4)5)49-48(52)42-40-38-36-34-32-30-28-25-23-21-19-17-15-13-11-9-7-2/h9,11,15,17,21,23-24,26,28,30-31,33,39,41,46-47,51H,6-8,10,12-14,16,18-20,22,25,27,29,32,34-38,40,42-45H2,1-5H3,(H-,49,52,53,54)/b11-9-,17-15-,23-21-,26-24+,30-28-,33-31+,41-39+. The third-order valence-corrected chi connectivity index (χ3v) is 10.3. The van der Waals surface area contributed by atoms with Crippen molar-refractivity contribution in [1.29, 1.82) is 0 Å². The van der Waals surface area contributed by atoms with Crippen LogP contribution in [0.2, 0.25) is 0 Å². The predicted octanol–water partition coefficient (Wildman–Crippen LogP) is 11.9. The second-order valence-corrected chi connectivity index (χ2v) is 17.4. The monoisotopic (exact) mass is 817 g/mol. The number of nitrogens with zero attached hydrogens (tertiary/aromatic N) is 1. The van der Waals surface area contributed by atoms with Crippen LogP contribution in [0.4, 0.5) is 0 Å². The lowest BCUT2D eigenvalue weighted by molar-refractivity contribution is -0.870. The molecule has 0 spiro atoms. The number of carbonyl (C=O) groups excluding carboxylic acids is 1. The molecule has 0 heterocycles. The zero-order chi connectivity index (χ0) is 42.1. The van der Waals surface area contributed by atoms with Crippen molar-refractivity contribution in [2.45, 2.75) is 174 Å². The summed E-state index contributed by atoms with van der Waals surface area (Å²) in [6.45, 7) is 4.45. The summed E-state index contributed by atoms with van der Waals surface area (Å²) in [5, 5.41) is 13.7. The van der Waals surface area contributed by atoms with Crippen LogP contribution in [0, 0.1) is 0 Å². The molecule has 0 aliphatic carbocycles. The van der Waals surface area contributed by atoms with Gasteiger partial charge in [-0.05, 0) is 83.5 Å². The highest BCUT2D eigenvalue weighted by Gasteiger charge is 2.23. The largest absolute Gasteiger partial charge is 0.756 e. The number of hydrogen-bond donors (Lipinski definition) is 2. The number of hydrogen-bond acceptors (Lipinski definition) is 6. The molecule has 0 rings (SSSR count). The van der Waals surface area contributed by atoms with E-state index in [0.29, 0.717) is 17.4 Å². The quantitative estimate of drug-likeness (QED) is 0.0277. The third kappa shape index (κ3) is 41.6. The number of aliphatic hydroxyl groups excluding tert-OH is 1. The summed E-state index contributed by atoms with van der Waals surface area (Å²) in [5.41, 5.74) is 0. The lowest BCUT2D eigenvalue weighted by Gasteiger charge is -2.29. The fourth-order valence-electron chi connectivity index (χ4n) is 5.76. The van der Waals surface area contributed by atoms with E-state index >= 15 is 0 Å². The van der Waals surface area contributed by atoms with E-state index in [-0.39, 0.29) is 12.5 Å². The summed E-state index contributed by atoms with van der Waals surface area (Å²) in [4.78, 5) is 25.3. The number of allylic oxidation sites excluding steroid dienone is 13. The van der Waals surface area contributed by atoms with Gasteiger partial charge in [0.1, 0.15) is 13.2 Å². The minimum Gasteiger partial charge on any atom is -0.756 e. The van der Waals surface area contributed by atoms with Crippen LogP contribution in [0.15, 0.2) is 85.1 Å². The maximum absolute atomic E-state index is 12.8. The maximum Gasteiger partial charge on any atom is 0.268 e. The Bertz CT molecular complexity index is 1200. The van der Waals surface area contributed by atoms with Gasteiger partial charge < -0.3 is 28.8 Å². The van der Waals surface area contributed by atoms with Crippen molar-refractivity contribution in [2.24, 2.45) is 0 Å². The van der Waals surface area contributed by atoms with Crippen molar-refractivity contribution in [3.05, 3.63) is 85.1 Å². The van der Waals surface area contributed by atoms with Gasteiger partial charge in [-0.25, -0.2) is 0 Å². The number of unbranched alkanes of at least 4 members (excludes halogenated alkanes) is 14. The fourth-order valence-corrected chi connectivity index (χ4v) is 6.48. The van der Waals surface area contributed by atoms with E-state index in [2.05, 4.69) is 92.1 Å². The molecule has 0 aromatic heterocycles. The maximum atomic E-state index is 12.8. The highest BCUT2D eigenvalue weighted by atomic mass is 31.2. The summed E-state index contributed by atoms with van der Waals surface area (Å²) in [5.74, 6) is -0.239. The van der Waals surface area contributed by atoms with E-state index in [4.69, 9.17) is 9.05 Å². The molecule has 2 N–H and O–H groups in total. The Labute approximate surface area is 350 Å². The van der Waals surface area contributed by atoms with Gasteiger partial charge in [-0.2, -0.15) is 0 Å². The van der Waals surface area contributed by atoms with Gasteiger partial charge in [-0.1, -0.05) is 157 Å². The van der Waals surface area contributed by atoms with E-state index in [1.807, 2.05) is 27.2 Å². The van der Waals surface area contributed by atoms with Crippen molar-refractivity contribution in [3.8, 4) is 0 Å². The molecule has 328 valence electrons. The second-order valence-electron chi connectivity index (χ2n) is 16.0. The van der Waals surface area contributed by atoms with E-state index in [0.717, 1.165) is 83.5 Å². The van der Waals surface area contributed by atoms with E-state index in [9.17, 15) is 19.4 Å². The Balaban J connectivity index is 4.57. The Kier molecular flexibility index (Phi) is 37.6. The number of likely N-dealkylation sites (N-methyl/N-ethyl adjacent to an activating group) is 1. The van der Waals surface area contributed by atoms with Crippen molar-refractivity contribution >= 4 is 13.7 Å². The average molecular weight is 817 g/mol. The van der Waals surface area contributed by atoms with Crippen LogP contribution in [0.5, 0.6) is 0 Å². The molecule has 0 radical (unpaired) electrons. The topological polar surface area (TPSA) is 108 Å². The molecule has 8 nitrogen and oxygen atoms in total. The van der Waals surface area contributed by atoms with Crippen molar-refractivity contribution in [3.63, 3.8) is 0 Å². The Morgan fingerprint density at radius 2 is 1.09 bits per heavy atom. The molecule has 0 bridgehead atoms. The number of phosphoric acid groups is 1. The molecule has 9 heteroatoms. The van der Waals surface area contributed by atoms with E-state index < -0.39 is 26.6 Å². The normalized spacial score (nSPS) is 15.1. The van der Waals surface area contributed by atoms with Crippen LogP contribution in [0.1, 0.15) is 162 Å². The first-order chi connectivity index (χ1) is 27.5. The Hall–Kier alpha value is -2.32. The van der Waals surface area contributed by atoms with Gasteiger partial charge in [-0.3, -0.25) is 9.36 Å². The molecular weight excluding hydrogens is 732 g/mol. The number of phosphoric ester groups is 1. The lowest BCUT2D eigenvalue weighted by atomic mass is 10.1. The number of amides is 1. The summed E-state index contributed by atoms with van der Waals surface area (Å²) >= 11 is 0. The van der Waals surface area contributed by atoms with Crippen molar-refractivity contribution in [1.82, 2.24) is 5.32 Å². The summed E-state index contributed by atoms with van der Waals surface area (Å²) in [6.07, 6.45) is 53.5. The predicted molar refractivity (Wildman–Crippen MR) is 242 cm³/mol. The van der Waals surface area contributed by atoms with Crippen LogP contribution in [-0.2, 0) is 18.4 Å². The summed E-state index contributed by atoms with van der Waals surface area (Å²) < 4.78 is 23.2. The van der Waals surface area contributed by atoms with Gasteiger partial charge in [0.05, 0.1) is 39.9 Å². The van der Waals surface area contributed by atoms with Gasteiger partial charge >= 0.3 is 0 Å². The first-order valence-electron chi connectivity index (χ1n) is 22.4. The van der Waals surface area contributed by atoms with Gasteiger partial charge in [0, 0.05) is 6.42 Å². The van der Waals surface area contributed by atoms with Crippen LogP contribution in [0.3, 0.4) is 0 Å². The summed E-state index contributed by atoms with van der Waals surface area (Å²) in [6, 6.07) is -0.927. The molecule has 0 aromatic carbocycles. The van der Waals surface area contributed by atoms with Gasteiger partial charge in [0.25, 0.3) is 7.82 Å². The minimum atomic E-state index is -4.61. The lowest BCUT2D eigenvalue weighted by Crippen LogP contribution is -2.45. The molecule has 0 aliphatic rings. The molecule has 0 saturated carbocycles. The minimum absolute atomic E-state index is 0.0187. The molecule has 57 heavy (non-hydrogen) atoms. The highest BCUT2D eigenvalue weighted by molar-refractivity contribution is 7.45. The summed E-state index contributed by atoms with van der Waals surface area (Å²) in [7, 11) is 1.20. The number of carbonyl (C=O) groups is 1. The highest BCUT2D eigenvalue weighted by Crippen LogP contribution is 2.38. The SMILES string of the molecule is CC/C=C\C/C=C\C/C=C\C/C=C\CCCCCCC(=O)NC(COP(=O)([O-])OCC[N+](C)(C)C)C(O)/C=C/CC/C=C/CC/C=C/CCCCCCCCCC. The molecule has 3 unspecified atom stereocenters. The molecule has 0 aliphatic heterocycles. The van der Waals surface area contributed by atoms with Crippen molar-refractivity contribution < 1.29 is 32.9 Å². The van der Waals surface area contributed by atoms with Crippen LogP contribution >= 0.6 is 7.82 Å². The number of nitrogens with one attached hydrogen (secondary N) is 1. The molecular formula is C48H85N2O6P. The Morgan fingerprint density at radius 1 is 0.632 bits per heavy atom. The molecule has 0 fully saturated rings. The zero-order valence-electron chi connectivity index (χ0n) is 37.0. The second kappa shape index (κ2) is 39.2. The molecule has 1 amide bonds. The van der Waals surface area contributed by atoms with E-state index in [1.165, 1.54) is 57.8 Å². The first kappa shape index (κ1) is 54.7. The smallest absolute Gasteiger partial charge is 0.268 e. The fraction of sp³-hybridized carbons (Fsp3) is 0.688. The van der Waals surface area contributed by atoms with Crippen LogP contribution < -0.4 is 10.2 Å². The number of aliphatic hydroxyl groups is 1. The Morgan fingerprint density at radius 3 is 1.63 bits per heavy atom. The van der Waals surface area contributed by atoms with Gasteiger partial charge in [-0.15, -0.1) is 0 Å². The van der Waals surface area contributed by atoms with Gasteiger partial charge in [0.15, 0.2) is 0 Å². The molecule has 3 atom stereocenters. The average Bonchev–Trinajstić information content (AvgIpc) is 3.16. The van der Waals surface area contributed by atoms with Gasteiger partial charge in [0.2, 0.25) is 5.91 Å².